The molecule has 19 heavy (non-hydrogen) atoms. The summed E-state index contributed by atoms with van der Waals surface area (Å²) in [6, 6.07) is 1.90. The SMILES string of the molecule is OC1=CC2CC3COc4ccncc4[C@H]3C2C=C1O. The molecular formula is C15H15NO3. The van der Waals surface area contributed by atoms with Gasteiger partial charge in [0.05, 0.1) is 6.61 Å². The zero-order valence-electron chi connectivity index (χ0n) is 10.4. The van der Waals surface area contributed by atoms with Crippen LogP contribution in [0.5, 0.6) is 5.75 Å². The summed E-state index contributed by atoms with van der Waals surface area (Å²) < 4.78 is 5.79. The molecule has 98 valence electrons. The van der Waals surface area contributed by atoms with Gasteiger partial charge in [-0.25, -0.2) is 0 Å². The highest BCUT2D eigenvalue weighted by Crippen LogP contribution is 2.54. The van der Waals surface area contributed by atoms with Gasteiger partial charge < -0.3 is 14.9 Å². The van der Waals surface area contributed by atoms with Gasteiger partial charge in [-0.15, -0.1) is 0 Å². The number of nitrogens with zero attached hydrogens (tertiary/aromatic N) is 1. The molecule has 0 bridgehead atoms. The van der Waals surface area contributed by atoms with Gasteiger partial charge in [-0.2, -0.15) is 0 Å². The van der Waals surface area contributed by atoms with E-state index in [-0.39, 0.29) is 23.4 Å². The van der Waals surface area contributed by atoms with E-state index in [2.05, 4.69) is 4.98 Å². The van der Waals surface area contributed by atoms with Crippen LogP contribution in [-0.4, -0.2) is 21.8 Å². The van der Waals surface area contributed by atoms with Crippen molar-refractivity contribution >= 4 is 0 Å². The fourth-order valence-corrected chi connectivity index (χ4v) is 3.80. The van der Waals surface area contributed by atoms with Gasteiger partial charge in [0, 0.05) is 29.8 Å². The second-order valence-corrected chi connectivity index (χ2v) is 5.59. The molecule has 3 unspecified atom stereocenters. The molecule has 1 saturated carbocycles. The molecule has 2 aliphatic carbocycles. The fourth-order valence-electron chi connectivity index (χ4n) is 3.80. The first-order valence-corrected chi connectivity index (χ1v) is 6.62. The van der Waals surface area contributed by atoms with Gasteiger partial charge in [0.2, 0.25) is 0 Å². The highest BCUT2D eigenvalue weighted by Gasteiger charge is 2.47. The van der Waals surface area contributed by atoms with Gasteiger partial charge in [0.1, 0.15) is 5.75 Å². The number of pyridine rings is 1. The van der Waals surface area contributed by atoms with E-state index in [1.54, 1.807) is 18.3 Å². The quantitative estimate of drug-likeness (QED) is 0.750. The lowest BCUT2D eigenvalue weighted by Gasteiger charge is -2.31. The molecule has 0 saturated heterocycles. The highest BCUT2D eigenvalue weighted by atomic mass is 16.5. The van der Waals surface area contributed by atoms with Crippen molar-refractivity contribution in [2.24, 2.45) is 17.8 Å². The molecule has 0 radical (unpaired) electrons. The van der Waals surface area contributed by atoms with Crippen LogP contribution in [-0.2, 0) is 0 Å². The number of aromatic nitrogens is 1. The topological polar surface area (TPSA) is 62.6 Å². The number of aliphatic hydroxyl groups excluding tert-OH is 2. The second-order valence-electron chi connectivity index (χ2n) is 5.59. The Hall–Kier alpha value is -1.97. The summed E-state index contributed by atoms with van der Waals surface area (Å²) in [6.45, 7) is 0.706. The first-order chi connectivity index (χ1) is 9.24. The van der Waals surface area contributed by atoms with Crippen molar-refractivity contribution in [3.8, 4) is 5.75 Å². The molecule has 0 amide bonds. The zero-order chi connectivity index (χ0) is 13.0. The molecule has 4 rings (SSSR count). The summed E-state index contributed by atoms with van der Waals surface area (Å²) in [5, 5.41) is 19.4. The van der Waals surface area contributed by atoms with Crippen LogP contribution in [0.4, 0.5) is 0 Å². The van der Waals surface area contributed by atoms with Crippen LogP contribution in [0.1, 0.15) is 17.9 Å². The maximum atomic E-state index is 9.76. The zero-order valence-corrected chi connectivity index (χ0v) is 10.4. The average Bonchev–Trinajstić information content (AvgIpc) is 2.77. The van der Waals surface area contributed by atoms with Crippen LogP contribution >= 0.6 is 0 Å². The largest absolute Gasteiger partial charge is 0.504 e. The van der Waals surface area contributed by atoms with Crippen molar-refractivity contribution in [2.75, 3.05) is 6.61 Å². The Balaban J connectivity index is 1.80. The predicted octanol–water partition coefficient (Wildman–Crippen LogP) is 2.71. The minimum absolute atomic E-state index is 0.00108. The highest BCUT2D eigenvalue weighted by molar-refractivity contribution is 5.41. The summed E-state index contributed by atoms with van der Waals surface area (Å²) in [5.74, 6) is 2.18. The molecule has 4 heteroatoms. The van der Waals surface area contributed by atoms with Crippen molar-refractivity contribution < 1.29 is 14.9 Å². The standard InChI is InChI=1S/C15H15NO3/c17-12-4-8-3-9-7-19-14-1-2-16-6-11(14)15(9)10(8)5-13(12)18/h1-2,4-6,8-10,15,17-18H,3,7H2/t8?,9?,10?,15-/m1/s1. The molecule has 1 aromatic heterocycles. The summed E-state index contributed by atoms with van der Waals surface area (Å²) >= 11 is 0. The first kappa shape index (κ1) is 10.9. The summed E-state index contributed by atoms with van der Waals surface area (Å²) in [4.78, 5) is 4.20. The Kier molecular flexibility index (Phi) is 2.16. The third-order valence-electron chi connectivity index (χ3n) is 4.60. The number of allylic oxidation sites excluding steroid dienone is 2. The van der Waals surface area contributed by atoms with Gasteiger partial charge in [-0.1, -0.05) is 0 Å². The second kappa shape index (κ2) is 3.76. The third-order valence-corrected chi connectivity index (χ3v) is 4.60. The van der Waals surface area contributed by atoms with Crippen LogP contribution in [0.25, 0.3) is 0 Å². The van der Waals surface area contributed by atoms with Crippen molar-refractivity contribution in [3.05, 3.63) is 47.7 Å². The average molecular weight is 257 g/mol. The molecule has 4 nitrogen and oxygen atoms in total. The van der Waals surface area contributed by atoms with Crippen molar-refractivity contribution in [3.63, 3.8) is 0 Å². The number of ether oxygens (including phenoxy) is 1. The van der Waals surface area contributed by atoms with Crippen LogP contribution in [0.15, 0.2) is 42.1 Å². The lowest BCUT2D eigenvalue weighted by atomic mass is 9.79. The van der Waals surface area contributed by atoms with E-state index in [0.717, 1.165) is 17.7 Å². The van der Waals surface area contributed by atoms with Crippen LogP contribution < -0.4 is 4.74 Å². The van der Waals surface area contributed by atoms with E-state index < -0.39 is 0 Å². The van der Waals surface area contributed by atoms with Crippen molar-refractivity contribution in [1.82, 2.24) is 4.98 Å². The van der Waals surface area contributed by atoms with E-state index in [1.807, 2.05) is 12.3 Å². The predicted molar refractivity (Wildman–Crippen MR) is 69.0 cm³/mol. The van der Waals surface area contributed by atoms with Crippen LogP contribution in [0.3, 0.4) is 0 Å². The Labute approximate surface area is 111 Å². The molecule has 1 aliphatic heterocycles. The smallest absolute Gasteiger partial charge is 0.153 e. The van der Waals surface area contributed by atoms with Crippen LogP contribution in [0.2, 0.25) is 0 Å². The number of fused-ring (bicyclic) bond motifs is 5. The van der Waals surface area contributed by atoms with Gasteiger partial charge in [-0.3, -0.25) is 4.98 Å². The minimum atomic E-state index is -0.00108. The monoisotopic (exact) mass is 257 g/mol. The number of aliphatic hydroxyl groups is 2. The molecule has 1 fully saturated rings. The Morgan fingerprint density at radius 1 is 1.21 bits per heavy atom. The number of hydrogen-bond acceptors (Lipinski definition) is 4. The third kappa shape index (κ3) is 1.49. The van der Waals surface area contributed by atoms with E-state index in [0.29, 0.717) is 18.4 Å². The van der Waals surface area contributed by atoms with Gasteiger partial charge in [0.25, 0.3) is 0 Å². The molecule has 1 aromatic rings. The summed E-state index contributed by atoms with van der Waals surface area (Å²) in [5.41, 5.74) is 1.13. The Bertz CT molecular complexity index is 593. The maximum absolute atomic E-state index is 9.76. The van der Waals surface area contributed by atoms with Gasteiger partial charge in [0.15, 0.2) is 11.5 Å². The molecule has 0 aromatic carbocycles. The summed E-state index contributed by atoms with van der Waals surface area (Å²) in [7, 11) is 0. The van der Waals surface area contributed by atoms with Crippen molar-refractivity contribution in [1.29, 1.82) is 0 Å². The molecule has 2 N–H and O–H groups in total. The van der Waals surface area contributed by atoms with E-state index in [1.165, 1.54) is 0 Å². The minimum Gasteiger partial charge on any atom is -0.504 e. The Morgan fingerprint density at radius 3 is 2.95 bits per heavy atom. The van der Waals surface area contributed by atoms with Gasteiger partial charge in [-0.05, 0) is 36.5 Å². The fraction of sp³-hybridized carbons (Fsp3) is 0.400. The van der Waals surface area contributed by atoms with E-state index in [9.17, 15) is 10.2 Å². The molecule has 2 heterocycles. The first-order valence-electron chi connectivity index (χ1n) is 6.62. The lowest BCUT2D eigenvalue weighted by Crippen LogP contribution is -2.25. The van der Waals surface area contributed by atoms with E-state index in [4.69, 9.17) is 4.74 Å². The maximum Gasteiger partial charge on any atom is 0.153 e. The normalized spacial score (nSPS) is 35.4. The number of hydrogen-bond donors (Lipinski definition) is 2. The molecular weight excluding hydrogens is 242 g/mol. The molecule has 3 aliphatic rings. The number of rotatable bonds is 0. The molecule has 0 spiro atoms. The van der Waals surface area contributed by atoms with Gasteiger partial charge >= 0.3 is 0 Å². The molecule has 4 atom stereocenters. The summed E-state index contributed by atoms with van der Waals surface area (Å²) in [6.07, 6.45) is 8.18. The van der Waals surface area contributed by atoms with E-state index >= 15 is 0 Å². The Morgan fingerprint density at radius 2 is 2.05 bits per heavy atom. The van der Waals surface area contributed by atoms with Crippen LogP contribution in [0, 0.1) is 17.8 Å². The van der Waals surface area contributed by atoms with Crippen molar-refractivity contribution in [2.45, 2.75) is 12.3 Å². The lowest BCUT2D eigenvalue weighted by molar-refractivity contribution is 0.202.